The van der Waals surface area contributed by atoms with Crippen LogP contribution in [0.1, 0.15) is 36.5 Å². The Morgan fingerprint density at radius 3 is 2.52 bits per heavy atom. The molecule has 3 aromatic rings. The van der Waals surface area contributed by atoms with Gasteiger partial charge >= 0.3 is 0 Å². The Morgan fingerprint density at radius 1 is 1.14 bits per heavy atom. The third-order valence-electron chi connectivity index (χ3n) is 3.84. The van der Waals surface area contributed by atoms with Gasteiger partial charge in [-0.3, -0.25) is 0 Å². The minimum atomic E-state index is 0.282. The molecule has 0 unspecified atom stereocenters. The Balaban J connectivity index is 2.01. The molecule has 0 amide bonds. The number of rotatable bonds is 3. The van der Waals surface area contributed by atoms with Gasteiger partial charge in [0.25, 0.3) is 0 Å². The van der Waals surface area contributed by atoms with E-state index in [0.29, 0.717) is 12.5 Å². The fraction of sp³-hybridized carbons (Fsp3) is 0.294. The van der Waals surface area contributed by atoms with Gasteiger partial charge in [0.1, 0.15) is 11.3 Å². The van der Waals surface area contributed by atoms with Gasteiger partial charge in [-0.15, -0.1) is 0 Å². The molecule has 0 spiro atoms. The van der Waals surface area contributed by atoms with Gasteiger partial charge in [-0.1, -0.05) is 26.0 Å². The fourth-order valence-corrected chi connectivity index (χ4v) is 2.64. The van der Waals surface area contributed by atoms with E-state index in [9.17, 15) is 5.11 Å². The van der Waals surface area contributed by atoms with Crippen molar-refractivity contribution in [3.8, 4) is 5.75 Å². The first-order valence-corrected chi connectivity index (χ1v) is 7.14. The molecule has 0 atom stereocenters. The fourth-order valence-electron chi connectivity index (χ4n) is 2.64. The van der Waals surface area contributed by atoms with Gasteiger partial charge in [-0.25, -0.2) is 9.97 Å². The number of phenolic OH excluding ortho intramolecular Hbond substituents is 1. The Hall–Kier alpha value is -2.36. The Bertz CT molecular complexity index is 773. The van der Waals surface area contributed by atoms with Crippen LogP contribution in [0, 0.1) is 6.92 Å². The number of fused-ring (bicyclic) bond motifs is 1. The van der Waals surface area contributed by atoms with Crippen molar-refractivity contribution in [2.75, 3.05) is 0 Å². The largest absolute Gasteiger partial charge is 0.508 e. The molecule has 21 heavy (non-hydrogen) atoms. The summed E-state index contributed by atoms with van der Waals surface area (Å²) in [6.45, 7) is 7.15. The third-order valence-corrected chi connectivity index (χ3v) is 3.84. The number of nitrogens with zero attached hydrogens (tertiary/aromatic N) is 3. The van der Waals surface area contributed by atoms with Gasteiger partial charge in [0.05, 0.1) is 12.9 Å². The number of hydrogen-bond donors (Lipinski definition) is 1. The maximum atomic E-state index is 9.34. The van der Waals surface area contributed by atoms with Crippen LogP contribution in [-0.2, 0) is 6.54 Å². The molecule has 2 heterocycles. The van der Waals surface area contributed by atoms with E-state index in [1.165, 1.54) is 11.1 Å². The van der Waals surface area contributed by atoms with Crippen LogP contribution in [0.15, 0.2) is 36.8 Å². The Labute approximate surface area is 124 Å². The van der Waals surface area contributed by atoms with Gasteiger partial charge in [0.2, 0.25) is 0 Å². The van der Waals surface area contributed by atoms with E-state index in [-0.39, 0.29) is 5.75 Å². The first kappa shape index (κ1) is 13.6. The number of benzene rings is 1. The van der Waals surface area contributed by atoms with Crippen molar-refractivity contribution >= 4 is 11.2 Å². The van der Waals surface area contributed by atoms with Gasteiger partial charge in [0.15, 0.2) is 5.65 Å². The van der Waals surface area contributed by atoms with E-state index in [2.05, 4.69) is 30.7 Å². The van der Waals surface area contributed by atoms with Crippen LogP contribution < -0.4 is 0 Å². The van der Waals surface area contributed by atoms with Crippen molar-refractivity contribution in [2.45, 2.75) is 33.2 Å². The van der Waals surface area contributed by atoms with Crippen molar-refractivity contribution in [3.63, 3.8) is 0 Å². The quantitative estimate of drug-likeness (QED) is 0.797. The summed E-state index contributed by atoms with van der Waals surface area (Å²) in [4.78, 5) is 9.11. The molecule has 108 valence electrons. The molecule has 2 aromatic heterocycles. The smallest absolute Gasteiger partial charge is 0.160 e. The normalized spacial score (nSPS) is 11.4. The van der Waals surface area contributed by atoms with Crippen LogP contribution in [0.2, 0.25) is 0 Å². The summed E-state index contributed by atoms with van der Waals surface area (Å²) in [5, 5.41) is 9.34. The van der Waals surface area contributed by atoms with E-state index in [4.69, 9.17) is 0 Å². The highest BCUT2D eigenvalue weighted by Crippen LogP contribution is 2.24. The molecule has 0 aliphatic heterocycles. The predicted molar refractivity (Wildman–Crippen MR) is 83.6 cm³/mol. The number of pyridine rings is 1. The SMILES string of the molecule is Cc1c(C(C)C)cnc2c1ncn2Cc1ccc(O)cc1. The molecule has 0 saturated carbocycles. The second-order valence-electron chi connectivity index (χ2n) is 5.70. The second kappa shape index (κ2) is 5.20. The number of imidazole rings is 1. The molecule has 1 aromatic carbocycles. The maximum Gasteiger partial charge on any atom is 0.160 e. The summed E-state index contributed by atoms with van der Waals surface area (Å²) in [6.07, 6.45) is 3.79. The lowest BCUT2D eigenvalue weighted by molar-refractivity contribution is 0.475. The predicted octanol–water partition coefficient (Wildman–Crippen LogP) is 3.62. The minimum Gasteiger partial charge on any atom is -0.508 e. The van der Waals surface area contributed by atoms with Crippen LogP contribution in [0.3, 0.4) is 0 Å². The number of phenols is 1. The van der Waals surface area contributed by atoms with E-state index >= 15 is 0 Å². The topological polar surface area (TPSA) is 50.9 Å². The standard InChI is InChI=1S/C17H19N3O/c1-11(2)15-8-18-17-16(12(15)3)19-10-20(17)9-13-4-6-14(21)7-5-13/h4-8,10-11,21H,9H2,1-3H3. The van der Waals surface area contributed by atoms with Crippen molar-refractivity contribution in [2.24, 2.45) is 0 Å². The lowest BCUT2D eigenvalue weighted by Crippen LogP contribution is -2.01. The van der Waals surface area contributed by atoms with Crippen LogP contribution in [0.25, 0.3) is 11.2 Å². The molecule has 0 aliphatic carbocycles. The minimum absolute atomic E-state index is 0.282. The first-order valence-electron chi connectivity index (χ1n) is 7.14. The molecule has 3 rings (SSSR count). The molecule has 1 N–H and O–H groups in total. The van der Waals surface area contributed by atoms with Crippen LogP contribution >= 0.6 is 0 Å². The molecule has 4 heteroatoms. The Morgan fingerprint density at radius 2 is 1.86 bits per heavy atom. The van der Waals surface area contributed by atoms with Crippen molar-refractivity contribution in [1.82, 2.24) is 14.5 Å². The molecular formula is C17H19N3O. The van der Waals surface area contributed by atoms with Gasteiger partial charge in [-0.2, -0.15) is 0 Å². The third kappa shape index (κ3) is 2.49. The van der Waals surface area contributed by atoms with E-state index in [1.54, 1.807) is 12.1 Å². The number of aromatic hydroxyl groups is 1. The molecule has 0 aliphatic rings. The zero-order valence-corrected chi connectivity index (χ0v) is 12.5. The highest BCUT2D eigenvalue weighted by atomic mass is 16.3. The zero-order chi connectivity index (χ0) is 15.0. The number of aromatic nitrogens is 3. The lowest BCUT2D eigenvalue weighted by atomic mass is 10.00. The van der Waals surface area contributed by atoms with Crippen molar-refractivity contribution < 1.29 is 5.11 Å². The van der Waals surface area contributed by atoms with Gasteiger partial charge in [0, 0.05) is 6.20 Å². The lowest BCUT2D eigenvalue weighted by Gasteiger charge is -2.10. The summed E-state index contributed by atoms with van der Waals surface area (Å²) in [5.74, 6) is 0.730. The summed E-state index contributed by atoms with van der Waals surface area (Å²) < 4.78 is 2.04. The van der Waals surface area contributed by atoms with Crippen molar-refractivity contribution in [1.29, 1.82) is 0 Å². The maximum absolute atomic E-state index is 9.34. The molecule has 0 bridgehead atoms. The summed E-state index contributed by atoms with van der Waals surface area (Å²) in [6, 6.07) is 7.22. The van der Waals surface area contributed by atoms with Crippen LogP contribution in [-0.4, -0.2) is 19.6 Å². The molecular weight excluding hydrogens is 262 g/mol. The highest BCUT2D eigenvalue weighted by Gasteiger charge is 2.12. The molecule has 0 radical (unpaired) electrons. The second-order valence-corrected chi connectivity index (χ2v) is 5.70. The van der Waals surface area contributed by atoms with Gasteiger partial charge in [-0.05, 0) is 41.7 Å². The van der Waals surface area contributed by atoms with E-state index < -0.39 is 0 Å². The number of aryl methyl sites for hydroxylation is 1. The van der Waals surface area contributed by atoms with Crippen molar-refractivity contribution in [3.05, 3.63) is 53.5 Å². The average molecular weight is 281 g/mol. The summed E-state index contributed by atoms with van der Waals surface area (Å²) in [7, 11) is 0. The van der Waals surface area contributed by atoms with Crippen LogP contribution in [0.4, 0.5) is 0 Å². The zero-order valence-electron chi connectivity index (χ0n) is 12.5. The van der Waals surface area contributed by atoms with Crippen LogP contribution in [0.5, 0.6) is 5.75 Å². The first-order chi connectivity index (χ1) is 10.1. The average Bonchev–Trinajstić information content (AvgIpc) is 2.85. The Kier molecular flexibility index (Phi) is 3.37. The van der Waals surface area contributed by atoms with Gasteiger partial charge < -0.3 is 9.67 Å². The van der Waals surface area contributed by atoms with E-state index in [0.717, 1.165) is 16.7 Å². The molecule has 0 saturated heterocycles. The summed E-state index contributed by atoms with van der Waals surface area (Å²) in [5.41, 5.74) is 5.45. The van der Waals surface area contributed by atoms with E-state index in [1.807, 2.05) is 29.2 Å². The summed E-state index contributed by atoms with van der Waals surface area (Å²) >= 11 is 0. The number of hydrogen-bond acceptors (Lipinski definition) is 3. The highest BCUT2D eigenvalue weighted by molar-refractivity contribution is 5.76. The molecule has 0 fully saturated rings. The monoisotopic (exact) mass is 281 g/mol. The molecule has 4 nitrogen and oxygen atoms in total.